The molecule has 0 atom stereocenters. The molecular formula is C11H10N2OS. The predicted molar refractivity (Wildman–Crippen MR) is 61.4 cm³/mol. The molecule has 15 heavy (non-hydrogen) atoms. The average molecular weight is 218 g/mol. The lowest BCUT2D eigenvalue weighted by Crippen LogP contribution is -1.76. The van der Waals surface area contributed by atoms with Gasteiger partial charge in [-0.25, -0.2) is 0 Å². The first kappa shape index (κ1) is 9.98. The summed E-state index contributed by atoms with van der Waals surface area (Å²) in [5, 5.41) is 3.70. The van der Waals surface area contributed by atoms with Crippen molar-refractivity contribution in [2.45, 2.75) is 4.90 Å². The minimum absolute atomic E-state index is 0.588. The van der Waals surface area contributed by atoms with Crippen LogP contribution in [-0.4, -0.2) is 16.4 Å². The molecule has 2 rings (SSSR count). The maximum Gasteiger partial charge on any atom is 0.214 e. The van der Waals surface area contributed by atoms with Crippen LogP contribution in [-0.2, 0) is 0 Å². The number of hydrogen-bond donors (Lipinski definition) is 0. The zero-order valence-electron chi connectivity index (χ0n) is 8.25. The fourth-order valence-corrected chi connectivity index (χ4v) is 1.64. The Balaban J connectivity index is 2.17. The third-order valence-corrected chi connectivity index (χ3v) is 2.62. The first-order chi connectivity index (χ1) is 7.38. The molecule has 0 amide bonds. The highest BCUT2D eigenvalue weighted by Crippen LogP contribution is 2.17. The molecule has 0 unspecified atom stereocenters. The summed E-state index contributed by atoms with van der Waals surface area (Å²) in [5.41, 5.74) is 1.13. The molecule has 1 aromatic heterocycles. The smallest absolute Gasteiger partial charge is 0.214 e. The zero-order valence-corrected chi connectivity index (χ0v) is 9.07. The van der Waals surface area contributed by atoms with Gasteiger partial charge in [0.05, 0.1) is 0 Å². The van der Waals surface area contributed by atoms with Gasteiger partial charge in [-0.3, -0.25) is 0 Å². The van der Waals surface area contributed by atoms with Gasteiger partial charge in [0.2, 0.25) is 6.39 Å². The molecule has 0 fully saturated rings. The van der Waals surface area contributed by atoms with Gasteiger partial charge in [0.25, 0.3) is 0 Å². The van der Waals surface area contributed by atoms with E-state index in [0.29, 0.717) is 5.82 Å². The van der Waals surface area contributed by atoms with Gasteiger partial charge in [-0.1, -0.05) is 23.4 Å². The average Bonchev–Trinajstić information content (AvgIpc) is 2.79. The molecule has 0 bridgehead atoms. The van der Waals surface area contributed by atoms with Gasteiger partial charge >= 0.3 is 0 Å². The third-order valence-electron chi connectivity index (χ3n) is 1.90. The van der Waals surface area contributed by atoms with E-state index >= 15 is 0 Å². The van der Waals surface area contributed by atoms with Crippen LogP contribution < -0.4 is 0 Å². The van der Waals surface area contributed by atoms with E-state index in [1.165, 1.54) is 11.3 Å². The van der Waals surface area contributed by atoms with Crippen molar-refractivity contribution in [1.82, 2.24) is 10.1 Å². The number of benzene rings is 1. The summed E-state index contributed by atoms with van der Waals surface area (Å²) in [6.07, 6.45) is 7.16. The molecule has 0 saturated heterocycles. The number of nitrogens with zero attached hydrogens (tertiary/aromatic N) is 2. The van der Waals surface area contributed by atoms with Gasteiger partial charge in [-0.2, -0.15) is 4.98 Å². The molecule has 1 heterocycles. The molecule has 4 heteroatoms. The summed E-state index contributed by atoms with van der Waals surface area (Å²) in [6, 6.07) is 8.26. The molecule has 0 aliphatic rings. The summed E-state index contributed by atoms with van der Waals surface area (Å²) in [6.45, 7) is 0. The largest absolute Gasteiger partial charge is 0.342 e. The van der Waals surface area contributed by atoms with E-state index in [0.717, 1.165) is 5.56 Å². The highest BCUT2D eigenvalue weighted by Gasteiger charge is 1.93. The van der Waals surface area contributed by atoms with Crippen molar-refractivity contribution in [1.29, 1.82) is 0 Å². The van der Waals surface area contributed by atoms with Crippen LogP contribution in [0.3, 0.4) is 0 Å². The Bertz CT molecular complexity index is 451. The summed E-state index contributed by atoms with van der Waals surface area (Å²) in [4.78, 5) is 5.15. The standard InChI is InChI=1S/C11H10N2OS/c1-15-10-4-2-3-9(7-10)5-6-11-12-8-14-13-11/h2-8H,1H3/b6-5+. The van der Waals surface area contributed by atoms with Gasteiger partial charge in [0, 0.05) is 4.90 Å². The Hall–Kier alpha value is -1.55. The van der Waals surface area contributed by atoms with Crippen molar-refractivity contribution < 1.29 is 4.52 Å². The molecule has 0 N–H and O–H groups in total. The maximum absolute atomic E-state index is 4.63. The Kier molecular flexibility index (Phi) is 3.19. The van der Waals surface area contributed by atoms with Crippen LogP contribution in [0, 0.1) is 0 Å². The lowest BCUT2D eigenvalue weighted by molar-refractivity contribution is 0.415. The Morgan fingerprint density at radius 2 is 2.27 bits per heavy atom. The quantitative estimate of drug-likeness (QED) is 0.742. The molecule has 2 aromatic rings. The van der Waals surface area contributed by atoms with E-state index in [4.69, 9.17) is 0 Å². The second kappa shape index (κ2) is 4.79. The van der Waals surface area contributed by atoms with Crippen molar-refractivity contribution in [2.24, 2.45) is 0 Å². The van der Waals surface area contributed by atoms with E-state index in [2.05, 4.69) is 33.1 Å². The number of thioether (sulfide) groups is 1. The summed E-state index contributed by atoms with van der Waals surface area (Å²) >= 11 is 1.72. The Morgan fingerprint density at radius 3 is 3.00 bits per heavy atom. The second-order valence-electron chi connectivity index (χ2n) is 2.90. The number of hydrogen-bond acceptors (Lipinski definition) is 4. The number of rotatable bonds is 3. The molecule has 0 aliphatic carbocycles. The van der Waals surface area contributed by atoms with Gasteiger partial charge in [0.1, 0.15) is 0 Å². The van der Waals surface area contributed by atoms with Crippen LogP contribution in [0.15, 0.2) is 40.1 Å². The Morgan fingerprint density at radius 1 is 1.33 bits per heavy atom. The van der Waals surface area contributed by atoms with Crippen molar-refractivity contribution >= 4 is 23.9 Å². The third kappa shape index (κ3) is 2.70. The van der Waals surface area contributed by atoms with Gasteiger partial charge in [-0.05, 0) is 30.0 Å². The van der Waals surface area contributed by atoms with Crippen molar-refractivity contribution in [3.05, 3.63) is 42.0 Å². The van der Waals surface area contributed by atoms with Crippen LogP contribution in [0.2, 0.25) is 0 Å². The number of aromatic nitrogens is 2. The zero-order chi connectivity index (χ0) is 10.5. The van der Waals surface area contributed by atoms with Crippen molar-refractivity contribution in [2.75, 3.05) is 6.26 Å². The summed E-state index contributed by atoms with van der Waals surface area (Å²) < 4.78 is 4.63. The predicted octanol–water partition coefficient (Wildman–Crippen LogP) is 2.96. The molecular weight excluding hydrogens is 208 g/mol. The lowest BCUT2D eigenvalue weighted by Gasteiger charge is -1.96. The first-order valence-electron chi connectivity index (χ1n) is 4.47. The van der Waals surface area contributed by atoms with Crippen molar-refractivity contribution in [3.8, 4) is 0 Å². The topological polar surface area (TPSA) is 38.9 Å². The minimum Gasteiger partial charge on any atom is -0.342 e. The fraction of sp³-hybridized carbons (Fsp3) is 0.0909. The molecule has 0 spiro atoms. The SMILES string of the molecule is CSc1cccc(/C=C/c2ncon2)c1. The van der Waals surface area contributed by atoms with Gasteiger partial charge < -0.3 is 4.52 Å². The first-order valence-corrected chi connectivity index (χ1v) is 5.69. The van der Waals surface area contributed by atoms with Crippen LogP contribution in [0.25, 0.3) is 12.2 Å². The molecule has 0 aliphatic heterocycles. The fourth-order valence-electron chi connectivity index (χ4n) is 1.17. The minimum atomic E-state index is 0.588. The molecule has 3 nitrogen and oxygen atoms in total. The van der Waals surface area contributed by atoms with E-state index in [1.807, 2.05) is 24.3 Å². The second-order valence-corrected chi connectivity index (χ2v) is 3.78. The maximum atomic E-state index is 4.63. The normalized spacial score (nSPS) is 11.0. The highest BCUT2D eigenvalue weighted by molar-refractivity contribution is 7.98. The Labute approximate surface area is 92.2 Å². The van der Waals surface area contributed by atoms with Crippen LogP contribution in [0.4, 0.5) is 0 Å². The molecule has 0 saturated carbocycles. The highest BCUT2D eigenvalue weighted by atomic mass is 32.2. The van der Waals surface area contributed by atoms with Gasteiger partial charge in [-0.15, -0.1) is 11.8 Å². The van der Waals surface area contributed by atoms with E-state index in [1.54, 1.807) is 11.8 Å². The van der Waals surface area contributed by atoms with E-state index in [-0.39, 0.29) is 0 Å². The summed E-state index contributed by atoms with van der Waals surface area (Å²) in [5.74, 6) is 0.588. The van der Waals surface area contributed by atoms with Gasteiger partial charge in [0.15, 0.2) is 5.82 Å². The summed E-state index contributed by atoms with van der Waals surface area (Å²) in [7, 11) is 0. The van der Waals surface area contributed by atoms with Crippen molar-refractivity contribution in [3.63, 3.8) is 0 Å². The monoisotopic (exact) mass is 218 g/mol. The van der Waals surface area contributed by atoms with Crippen LogP contribution >= 0.6 is 11.8 Å². The van der Waals surface area contributed by atoms with Crippen LogP contribution in [0.1, 0.15) is 11.4 Å². The lowest BCUT2D eigenvalue weighted by atomic mass is 10.2. The molecule has 1 aromatic carbocycles. The van der Waals surface area contributed by atoms with E-state index < -0.39 is 0 Å². The molecule has 76 valence electrons. The van der Waals surface area contributed by atoms with Crippen LogP contribution in [0.5, 0.6) is 0 Å². The van der Waals surface area contributed by atoms with E-state index in [9.17, 15) is 0 Å². The molecule has 0 radical (unpaired) electrons.